The van der Waals surface area contributed by atoms with Gasteiger partial charge in [0.1, 0.15) is 11.8 Å². The van der Waals surface area contributed by atoms with Gasteiger partial charge in [0.05, 0.1) is 17.7 Å². The zero-order chi connectivity index (χ0) is 18.3. The number of nitrogens with one attached hydrogen (secondary N) is 1. The molecule has 2 fully saturated rings. The Morgan fingerprint density at radius 1 is 1.38 bits per heavy atom. The molecule has 0 saturated carbocycles. The quantitative estimate of drug-likeness (QED) is 0.869. The van der Waals surface area contributed by atoms with E-state index in [9.17, 15) is 9.59 Å². The Kier molecular flexibility index (Phi) is 4.40. The molecule has 6 nitrogen and oxygen atoms in total. The van der Waals surface area contributed by atoms with Crippen LogP contribution in [0.5, 0.6) is 5.75 Å². The zero-order valence-electron chi connectivity index (χ0n) is 14.5. The average molecular weight is 390 g/mol. The smallest absolute Gasteiger partial charge is 0.249 e. The predicted octanol–water partition coefficient (Wildman–Crippen LogP) is 3.21. The van der Waals surface area contributed by atoms with E-state index >= 15 is 0 Å². The SMILES string of the molecule is COc1ccc(-c2csc(NC(=O)[C@@H]3CS[C@]4(C)CCC(=O)N34)n2)cc1. The molecule has 0 bridgehead atoms. The maximum Gasteiger partial charge on any atom is 0.249 e. The van der Waals surface area contributed by atoms with E-state index in [-0.39, 0.29) is 16.7 Å². The summed E-state index contributed by atoms with van der Waals surface area (Å²) in [7, 11) is 1.63. The second-order valence-corrected chi connectivity index (χ2v) is 8.88. The zero-order valence-corrected chi connectivity index (χ0v) is 16.2. The number of hydrogen-bond acceptors (Lipinski definition) is 6. The number of carbonyl (C=O) groups is 2. The van der Waals surface area contributed by atoms with Gasteiger partial charge in [0, 0.05) is 23.1 Å². The fourth-order valence-electron chi connectivity index (χ4n) is 3.43. The molecule has 1 N–H and O–H groups in total. The highest BCUT2D eigenvalue weighted by atomic mass is 32.2. The molecule has 8 heteroatoms. The third-order valence-corrected chi connectivity index (χ3v) is 7.13. The van der Waals surface area contributed by atoms with Crippen LogP contribution in [0.4, 0.5) is 5.13 Å². The fraction of sp³-hybridized carbons (Fsp3) is 0.389. The van der Waals surface area contributed by atoms with Crippen LogP contribution in [0.1, 0.15) is 19.8 Å². The summed E-state index contributed by atoms with van der Waals surface area (Å²) >= 11 is 3.07. The summed E-state index contributed by atoms with van der Waals surface area (Å²) in [5.41, 5.74) is 1.76. The van der Waals surface area contributed by atoms with Gasteiger partial charge in [-0.25, -0.2) is 4.98 Å². The van der Waals surface area contributed by atoms with Gasteiger partial charge in [0.25, 0.3) is 0 Å². The minimum atomic E-state index is -0.423. The Balaban J connectivity index is 1.47. The summed E-state index contributed by atoms with van der Waals surface area (Å²) in [6.07, 6.45) is 1.32. The maximum absolute atomic E-state index is 12.7. The number of methoxy groups -OCH3 is 1. The number of carbonyl (C=O) groups excluding carboxylic acids is 2. The van der Waals surface area contributed by atoms with Crippen molar-refractivity contribution in [3.8, 4) is 17.0 Å². The number of ether oxygens (including phenoxy) is 1. The molecule has 2 aromatic rings. The van der Waals surface area contributed by atoms with E-state index in [0.29, 0.717) is 17.3 Å². The Bertz CT molecular complexity index is 852. The number of nitrogens with zero attached hydrogens (tertiary/aromatic N) is 2. The van der Waals surface area contributed by atoms with Crippen LogP contribution in [0.25, 0.3) is 11.3 Å². The molecule has 136 valence electrons. The number of hydrogen-bond donors (Lipinski definition) is 1. The van der Waals surface area contributed by atoms with Crippen molar-refractivity contribution in [3.63, 3.8) is 0 Å². The van der Waals surface area contributed by atoms with Crippen LogP contribution in [0.15, 0.2) is 29.6 Å². The highest BCUT2D eigenvalue weighted by Crippen LogP contribution is 2.47. The van der Waals surface area contributed by atoms with Gasteiger partial charge in [0.15, 0.2) is 5.13 Å². The fourth-order valence-corrected chi connectivity index (χ4v) is 5.58. The highest BCUT2D eigenvalue weighted by molar-refractivity contribution is 8.01. The second kappa shape index (κ2) is 6.59. The summed E-state index contributed by atoms with van der Waals surface area (Å²) in [6, 6.07) is 7.20. The van der Waals surface area contributed by atoms with Gasteiger partial charge >= 0.3 is 0 Å². The molecular formula is C18H19N3O3S2. The Morgan fingerprint density at radius 3 is 2.88 bits per heavy atom. The lowest BCUT2D eigenvalue weighted by atomic mass is 10.2. The van der Waals surface area contributed by atoms with Crippen molar-refractivity contribution in [1.82, 2.24) is 9.88 Å². The van der Waals surface area contributed by atoms with E-state index in [2.05, 4.69) is 10.3 Å². The molecule has 2 saturated heterocycles. The first-order chi connectivity index (χ1) is 12.5. The molecule has 1 aromatic heterocycles. The monoisotopic (exact) mass is 389 g/mol. The highest BCUT2D eigenvalue weighted by Gasteiger charge is 2.52. The van der Waals surface area contributed by atoms with Crippen molar-refractivity contribution >= 4 is 40.0 Å². The molecule has 0 aliphatic carbocycles. The van der Waals surface area contributed by atoms with Gasteiger partial charge in [-0.1, -0.05) is 0 Å². The van der Waals surface area contributed by atoms with E-state index in [1.54, 1.807) is 23.8 Å². The van der Waals surface area contributed by atoms with Crippen LogP contribution >= 0.6 is 23.1 Å². The van der Waals surface area contributed by atoms with Crippen LogP contribution in [0, 0.1) is 0 Å². The first-order valence-electron chi connectivity index (χ1n) is 8.37. The molecule has 2 aliphatic rings. The van der Waals surface area contributed by atoms with Crippen molar-refractivity contribution in [1.29, 1.82) is 0 Å². The molecule has 0 radical (unpaired) electrons. The normalized spacial score (nSPS) is 24.6. The maximum atomic E-state index is 12.7. The minimum absolute atomic E-state index is 0.0655. The molecule has 0 spiro atoms. The van der Waals surface area contributed by atoms with E-state index in [0.717, 1.165) is 23.4 Å². The predicted molar refractivity (Wildman–Crippen MR) is 103 cm³/mol. The van der Waals surface area contributed by atoms with Gasteiger partial charge < -0.3 is 15.0 Å². The van der Waals surface area contributed by atoms with Gasteiger partial charge in [-0.15, -0.1) is 23.1 Å². The number of aromatic nitrogens is 1. The van der Waals surface area contributed by atoms with Crippen LogP contribution in [-0.2, 0) is 9.59 Å². The lowest BCUT2D eigenvalue weighted by molar-refractivity contribution is -0.135. The lowest BCUT2D eigenvalue weighted by Crippen LogP contribution is -2.48. The van der Waals surface area contributed by atoms with Crippen molar-refractivity contribution in [2.24, 2.45) is 0 Å². The minimum Gasteiger partial charge on any atom is -0.497 e. The number of rotatable bonds is 4. The summed E-state index contributed by atoms with van der Waals surface area (Å²) in [5.74, 6) is 1.32. The molecule has 4 rings (SSSR count). The lowest BCUT2D eigenvalue weighted by Gasteiger charge is -2.29. The van der Waals surface area contributed by atoms with Gasteiger partial charge in [-0.2, -0.15) is 0 Å². The van der Waals surface area contributed by atoms with E-state index < -0.39 is 6.04 Å². The number of thioether (sulfide) groups is 1. The largest absolute Gasteiger partial charge is 0.497 e. The van der Waals surface area contributed by atoms with E-state index in [1.165, 1.54) is 11.3 Å². The molecule has 2 atom stereocenters. The van der Waals surface area contributed by atoms with Gasteiger partial charge in [-0.05, 0) is 37.6 Å². The number of thiazole rings is 1. The Morgan fingerprint density at radius 2 is 2.15 bits per heavy atom. The van der Waals surface area contributed by atoms with Gasteiger partial charge in [-0.3, -0.25) is 9.59 Å². The van der Waals surface area contributed by atoms with E-state index in [1.807, 2.05) is 36.6 Å². The number of amides is 2. The second-order valence-electron chi connectivity index (χ2n) is 6.52. The summed E-state index contributed by atoms with van der Waals surface area (Å²) < 4.78 is 5.16. The molecule has 2 aliphatic heterocycles. The standard InChI is InChI=1S/C18H19N3O3S2/c1-18-8-7-15(22)21(18)14(10-26-18)16(23)20-17-19-13(9-25-17)11-3-5-12(24-2)6-4-11/h3-6,9,14H,7-8,10H2,1-2H3,(H,19,20,23)/t14-,18+/m0/s1. The summed E-state index contributed by atoms with van der Waals surface area (Å²) in [6.45, 7) is 2.04. The van der Waals surface area contributed by atoms with E-state index in [4.69, 9.17) is 4.74 Å². The summed E-state index contributed by atoms with van der Waals surface area (Å²) in [5, 5.41) is 5.34. The molecule has 26 heavy (non-hydrogen) atoms. The van der Waals surface area contributed by atoms with Crippen molar-refractivity contribution in [2.75, 3.05) is 18.2 Å². The van der Waals surface area contributed by atoms with Crippen LogP contribution in [-0.4, -0.2) is 45.5 Å². The van der Waals surface area contributed by atoms with Crippen LogP contribution in [0.2, 0.25) is 0 Å². The van der Waals surface area contributed by atoms with Crippen molar-refractivity contribution < 1.29 is 14.3 Å². The number of benzene rings is 1. The average Bonchev–Trinajstić information content (AvgIpc) is 3.31. The third-order valence-electron chi connectivity index (χ3n) is 4.87. The Labute approximate surface area is 159 Å². The summed E-state index contributed by atoms with van der Waals surface area (Å²) in [4.78, 5) is 30.9. The first-order valence-corrected chi connectivity index (χ1v) is 10.2. The van der Waals surface area contributed by atoms with Crippen LogP contribution < -0.4 is 10.1 Å². The molecule has 2 amide bonds. The molecular weight excluding hydrogens is 370 g/mol. The first kappa shape index (κ1) is 17.4. The molecule has 0 unspecified atom stereocenters. The van der Waals surface area contributed by atoms with Gasteiger partial charge in [0.2, 0.25) is 11.8 Å². The topological polar surface area (TPSA) is 71.5 Å². The molecule has 1 aromatic carbocycles. The van der Waals surface area contributed by atoms with Crippen molar-refractivity contribution in [3.05, 3.63) is 29.6 Å². The third kappa shape index (κ3) is 2.97. The van der Waals surface area contributed by atoms with Crippen LogP contribution in [0.3, 0.4) is 0 Å². The number of fused-ring (bicyclic) bond motifs is 1. The van der Waals surface area contributed by atoms with Crippen molar-refractivity contribution in [2.45, 2.75) is 30.7 Å². The molecule has 3 heterocycles. The number of anilines is 1. The Hall–Kier alpha value is -2.06.